The van der Waals surface area contributed by atoms with Gasteiger partial charge in [0.05, 0.1) is 0 Å². The van der Waals surface area contributed by atoms with Gasteiger partial charge in [-0.3, -0.25) is 9.59 Å². The topological polar surface area (TPSA) is 87.7 Å². The summed E-state index contributed by atoms with van der Waals surface area (Å²) in [5.74, 6) is -0.0105. The van der Waals surface area contributed by atoms with Crippen LogP contribution in [0.1, 0.15) is 76.3 Å². The highest BCUT2D eigenvalue weighted by Crippen LogP contribution is 2.34. The van der Waals surface area contributed by atoms with Crippen molar-refractivity contribution in [2.24, 2.45) is 0 Å². The molecule has 0 aliphatic rings. The van der Waals surface area contributed by atoms with Crippen LogP contribution < -0.4 is 10.6 Å². The molecule has 2 atom stereocenters. The molecule has 0 aliphatic heterocycles. The maximum absolute atomic E-state index is 14.4. The number of carbonyl (C=O) groups is 3. The second kappa shape index (κ2) is 13.4. The van der Waals surface area contributed by atoms with E-state index in [1.807, 2.05) is 90.3 Å². The molecule has 2 aromatic rings. The van der Waals surface area contributed by atoms with Gasteiger partial charge in [-0.05, 0) is 103 Å². The van der Waals surface area contributed by atoms with Crippen LogP contribution in [0.15, 0.2) is 42.5 Å². The van der Waals surface area contributed by atoms with E-state index in [4.69, 9.17) is 4.74 Å². The van der Waals surface area contributed by atoms with Gasteiger partial charge in [0.2, 0.25) is 5.91 Å². The van der Waals surface area contributed by atoms with Gasteiger partial charge >= 0.3 is 6.09 Å². The molecule has 0 bridgehead atoms. The highest BCUT2D eigenvalue weighted by atomic mass is 32.2. The number of benzene rings is 2. The van der Waals surface area contributed by atoms with Crippen LogP contribution in [-0.4, -0.2) is 52.0 Å². The van der Waals surface area contributed by atoms with Gasteiger partial charge in [0.15, 0.2) is 0 Å². The van der Waals surface area contributed by atoms with E-state index in [2.05, 4.69) is 10.6 Å². The van der Waals surface area contributed by atoms with Crippen LogP contribution >= 0.6 is 11.8 Å². The quantitative estimate of drug-likeness (QED) is 0.366. The van der Waals surface area contributed by atoms with Crippen LogP contribution in [0.3, 0.4) is 0 Å². The Morgan fingerprint density at radius 3 is 2.15 bits per heavy atom. The van der Waals surface area contributed by atoms with Gasteiger partial charge in [0.25, 0.3) is 5.91 Å². The largest absolute Gasteiger partial charge is 0.444 e. The summed E-state index contributed by atoms with van der Waals surface area (Å²) in [5, 5.41) is 5.86. The monoisotopic (exact) mass is 555 g/mol. The number of alkyl carbamates (subject to hydrolysis) is 1. The fraction of sp³-hybridized carbons (Fsp3) is 0.516. The Labute approximate surface area is 238 Å². The number of aryl methyl sites for hydroxylation is 3. The summed E-state index contributed by atoms with van der Waals surface area (Å²) in [6, 6.07) is 11.7. The molecule has 214 valence electrons. The second-order valence-corrected chi connectivity index (χ2v) is 12.9. The Hall–Kier alpha value is -3.00. The molecule has 2 unspecified atom stereocenters. The Morgan fingerprint density at radius 1 is 0.949 bits per heavy atom. The van der Waals surface area contributed by atoms with E-state index >= 15 is 0 Å². The summed E-state index contributed by atoms with van der Waals surface area (Å²) in [4.78, 5) is 42.9. The van der Waals surface area contributed by atoms with Gasteiger partial charge in [-0.2, -0.15) is 11.8 Å². The van der Waals surface area contributed by atoms with E-state index in [0.717, 1.165) is 22.3 Å². The fourth-order valence-corrected chi connectivity index (χ4v) is 4.79. The number of anilines is 1. The SMILES string of the molecule is CSCCC(NC(=O)OC(C)(C)C)C(=O)N(C(C(=O)Nc1ccccc1C)c1cc(C)ccc1C)C(C)(C)C. The average molecular weight is 556 g/mol. The van der Waals surface area contributed by atoms with Crippen LogP contribution in [0.25, 0.3) is 0 Å². The second-order valence-electron chi connectivity index (χ2n) is 11.9. The summed E-state index contributed by atoms with van der Waals surface area (Å²) in [5.41, 5.74) is 2.76. The molecule has 7 nitrogen and oxygen atoms in total. The number of thioether (sulfide) groups is 1. The molecule has 0 fully saturated rings. The smallest absolute Gasteiger partial charge is 0.408 e. The number of hydrogen-bond acceptors (Lipinski definition) is 5. The first-order valence-electron chi connectivity index (χ1n) is 13.3. The van der Waals surface area contributed by atoms with Gasteiger partial charge in [-0.25, -0.2) is 4.79 Å². The lowest BCUT2D eigenvalue weighted by molar-refractivity contribution is -0.146. The van der Waals surface area contributed by atoms with Gasteiger partial charge in [-0.1, -0.05) is 42.0 Å². The lowest BCUT2D eigenvalue weighted by atomic mass is 9.91. The Bertz CT molecular complexity index is 1170. The van der Waals surface area contributed by atoms with Gasteiger partial charge in [0, 0.05) is 11.2 Å². The van der Waals surface area contributed by atoms with E-state index in [-0.39, 0.29) is 11.8 Å². The van der Waals surface area contributed by atoms with Gasteiger partial charge in [-0.15, -0.1) is 0 Å². The number of amides is 3. The lowest BCUT2D eigenvalue weighted by Crippen LogP contribution is -2.58. The van der Waals surface area contributed by atoms with Crippen molar-refractivity contribution in [3.05, 3.63) is 64.7 Å². The van der Waals surface area contributed by atoms with Gasteiger partial charge in [0.1, 0.15) is 17.7 Å². The minimum atomic E-state index is -0.936. The molecule has 0 saturated heterocycles. The van der Waals surface area contributed by atoms with Crippen molar-refractivity contribution < 1.29 is 19.1 Å². The van der Waals surface area contributed by atoms with Crippen molar-refractivity contribution in [1.29, 1.82) is 0 Å². The summed E-state index contributed by atoms with van der Waals surface area (Å²) in [6.07, 6.45) is 1.68. The van der Waals surface area contributed by atoms with Crippen LogP contribution in [0.2, 0.25) is 0 Å². The Balaban J connectivity index is 2.64. The molecule has 3 amide bonds. The van der Waals surface area contributed by atoms with Crippen LogP contribution in [0.4, 0.5) is 10.5 Å². The molecule has 39 heavy (non-hydrogen) atoms. The van der Waals surface area contributed by atoms with Crippen LogP contribution in [-0.2, 0) is 14.3 Å². The molecule has 0 aliphatic carbocycles. The summed E-state index contributed by atoms with van der Waals surface area (Å²) in [7, 11) is 0. The first-order valence-corrected chi connectivity index (χ1v) is 14.7. The number of rotatable bonds is 9. The van der Waals surface area contributed by atoms with Crippen molar-refractivity contribution in [1.82, 2.24) is 10.2 Å². The number of nitrogens with one attached hydrogen (secondary N) is 2. The normalized spacial score (nSPS) is 13.3. The first-order chi connectivity index (χ1) is 18.0. The standard InChI is InChI=1S/C31H45N3O4S/c1-20-15-16-21(2)23(19-20)26(27(35)32-24-14-12-11-13-22(24)3)34(30(4,5)6)28(36)25(17-18-39-10)33-29(37)38-31(7,8)9/h11-16,19,25-26H,17-18H2,1-10H3,(H,32,35)(H,33,37). The summed E-state index contributed by atoms with van der Waals surface area (Å²) >= 11 is 1.58. The third-order valence-electron chi connectivity index (χ3n) is 6.20. The number of nitrogens with zero attached hydrogens (tertiary/aromatic N) is 1. The molecule has 0 saturated carbocycles. The minimum Gasteiger partial charge on any atom is -0.444 e. The fourth-order valence-electron chi connectivity index (χ4n) is 4.32. The average Bonchev–Trinajstić information content (AvgIpc) is 2.81. The predicted octanol–water partition coefficient (Wildman–Crippen LogP) is 6.57. The highest BCUT2D eigenvalue weighted by molar-refractivity contribution is 7.98. The molecule has 0 spiro atoms. The molecule has 8 heteroatoms. The number of hydrogen-bond donors (Lipinski definition) is 2. The van der Waals surface area contributed by atoms with E-state index in [0.29, 0.717) is 17.9 Å². The minimum absolute atomic E-state index is 0.317. The molecule has 0 heterocycles. The van der Waals surface area contributed by atoms with E-state index < -0.39 is 29.3 Å². The molecule has 2 N–H and O–H groups in total. The van der Waals surface area contributed by atoms with Crippen LogP contribution in [0.5, 0.6) is 0 Å². The number of para-hydroxylation sites is 1. The zero-order valence-corrected chi connectivity index (χ0v) is 25.9. The molecule has 0 radical (unpaired) electrons. The molecular weight excluding hydrogens is 510 g/mol. The highest BCUT2D eigenvalue weighted by Gasteiger charge is 2.42. The Kier molecular flexibility index (Phi) is 11.0. The summed E-state index contributed by atoms with van der Waals surface area (Å²) in [6.45, 7) is 16.9. The zero-order chi connectivity index (χ0) is 29.5. The molecule has 0 aromatic heterocycles. The van der Waals surface area contributed by atoms with E-state index in [1.54, 1.807) is 37.4 Å². The Morgan fingerprint density at radius 2 is 1.59 bits per heavy atom. The molecule has 2 rings (SSSR count). The van der Waals surface area contributed by atoms with Crippen molar-refractivity contribution in [2.75, 3.05) is 17.3 Å². The van der Waals surface area contributed by atoms with E-state index in [9.17, 15) is 14.4 Å². The molecule has 2 aromatic carbocycles. The van der Waals surface area contributed by atoms with E-state index in [1.165, 1.54) is 0 Å². The van der Waals surface area contributed by atoms with Gasteiger partial charge < -0.3 is 20.3 Å². The first kappa shape index (κ1) is 32.2. The maximum Gasteiger partial charge on any atom is 0.408 e. The third-order valence-corrected chi connectivity index (χ3v) is 6.84. The van der Waals surface area contributed by atoms with Crippen LogP contribution in [0, 0.1) is 20.8 Å². The van der Waals surface area contributed by atoms with Crippen molar-refractivity contribution in [2.45, 2.75) is 92.0 Å². The lowest BCUT2D eigenvalue weighted by Gasteiger charge is -2.43. The third kappa shape index (κ3) is 9.31. The number of carbonyl (C=O) groups excluding carboxylic acids is 3. The predicted molar refractivity (Wildman–Crippen MR) is 161 cm³/mol. The van der Waals surface area contributed by atoms with Crippen molar-refractivity contribution in [3.8, 4) is 0 Å². The molecular formula is C31H45N3O4S. The maximum atomic E-state index is 14.4. The summed E-state index contributed by atoms with van der Waals surface area (Å²) < 4.78 is 5.48. The number of ether oxygens (including phenoxy) is 1. The zero-order valence-electron chi connectivity index (χ0n) is 25.1. The van der Waals surface area contributed by atoms with Crippen molar-refractivity contribution in [3.63, 3.8) is 0 Å². The van der Waals surface area contributed by atoms with Crippen molar-refractivity contribution >= 4 is 35.4 Å².